The van der Waals surface area contributed by atoms with Crippen molar-refractivity contribution in [2.45, 2.75) is 47.1 Å². The summed E-state index contributed by atoms with van der Waals surface area (Å²) in [6.45, 7) is 11.9. The van der Waals surface area contributed by atoms with Crippen LogP contribution in [0, 0.1) is 27.7 Å². The van der Waals surface area contributed by atoms with Gasteiger partial charge in [-0.2, -0.15) is 0 Å². The zero-order chi connectivity index (χ0) is 15.4. The van der Waals surface area contributed by atoms with E-state index in [1.54, 1.807) is 0 Å². The number of nitrogens with one attached hydrogen (secondary N) is 1. The zero-order valence-electron chi connectivity index (χ0n) is 14.0. The van der Waals surface area contributed by atoms with Crippen LogP contribution in [-0.2, 0) is 6.42 Å². The van der Waals surface area contributed by atoms with Crippen LogP contribution in [0.2, 0.25) is 0 Å². The maximum atomic E-state index is 3.65. The summed E-state index contributed by atoms with van der Waals surface area (Å²) in [5.74, 6) is 0. The van der Waals surface area contributed by atoms with Crippen LogP contribution in [0.25, 0.3) is 0 Å². The van der Waals surface area contributed by atoms with Crippen molar-refractivity contribution in [3.05, 3.63) is 69.8 Å². The van der Waals surface area contributed by atoms with Crippen molar-refractivity contribution < 1.29 is 0 Å². The minimum Gasteiger partial charge on any atom is -0.310 e. The number of rotatable bonds is 5. The zero-order valence-corrected chi connectivity index (χ0v) is 14.0. The topological polar surface area (TPSA) is 12.0 Å². The minimum atomic E-state index is 0.386. The molecule has 112 valence electrons. The molecular formula is C20H27N. The highest BCUT2D eigenvalue weighted by Gasteiger charge is 2.14. The summed E-state index contributed by atoms with van der Waals surface area (Å²) in [7, 11) is 0. The van der Waals surface area contributed by atoms with Crippen LogP contribution in [0.5, 0.6) is 0 Å². The van der Waals surface area contributed by atoms with Gasteiger partial charge in [-0.15, -0.1) is 0 Å². The summed E-state index contributed by atoms with van der Waals surface area (Å²) >= 11 is 0. The molecule has 2 aromatic rings. The first-order valence-electron chi connectivity index (χ1n) is 7.88. The number of benzene rings is 2. The van der Waals surface area contributed by atoms with Crippen molar-refractivity contribution in [3.63, 3.8) is 0 Å². The second kappa shape index (κ2) is 6.91. The Labute approximate surface area is 129 Å². The molecule has 2 aromatic carbocycles. The van der Waals surface area contributed by atoms with Gasteiger partial charge in [-0.1, -0.05) is 48.9 Å². The third-order valence-corrected chi connectivity index (χ3v) is 4.27. The second-order valence-electron chi connectivity index (χ2n) is 6.09. The lowest BCUT2D eigenvalue weighted by Crippen LogP contribution is -2.24. The van der Waals surface area contributed by atoms with Crippen molar-refractivity contribution in [1.29, 1.82) is 0 Å². The van der Waals surface area contributed by atoms with Crippen molar-refractivity contribution >= 4 is 0 Å². The monoisotopic (exact) mass is 281 g/mol. The fourth-order valence-electron chi connectivity index (χ4n) is 2.86. The summed E-state index contributed by atoms with van der Waals surface area (Å²) in [5, 5.41) is 3.65. The summed E-state index contributed by atoms with van der Waals surface area (Å²) < 4.78 is 0. The van der Waals surface area contributed by atoms with Gasteiger partial charge in [-0.3, -0.25) is 0 Å². The molecule has 0 saturated heterocycles. The van der Waals surface area contributed by atoms with E-state index in [0.29, 0.717) is 6.04 Å². The Morgan fingerprint density at radius 3 is 2.10 bits per heavy atom. The van der Waals surface area contributed by atoms with E-state index >= 15 is 0 Å². The standard InChI is InChI=1S/C20H27N/c1-6-21-20(13-18-9-7-14(2)8-10-18)19-12-16(4)15(3)11-17(19)5/h7-12,20-21H,6,13H2,1-5H3. The Kier molecular flexibility index (Phi) is 5.19. The van der Waals surface area contributed by atoms with E-state index in [1.807, 2.05) is 0 Å². The van der Waals surface area contributed by atoms with Crippen molar-refractivity contribution in [2.75, 3.05) is 6.54 Å². The van der Waals surface area contributed by atoms with Crippen LogP contribution in [0.15, 0.2) is 36.4 Å². The van der Waals surface area contributed by atoms with E-state index in [9.17, 15) is 0 Å². The lowest BCUT2D eigenvalue weighted by molar-refractivity contribution is 0.547. The summed E-state index contributed by atoms with van der Waals surface area (Å²) in [5.41, 5.74) is 8.28. The second-order valence-corrected chi connectivity index (χ2v) is 6.09. The molecule has 1 unspecified atom stereocenters. The largest absolute Gasteiger partial charge is 0.310 e. The van der Waals surface area contributed by atoms with E-state index in [2.05, 4.69) is 76.3 Å². The summed E-state index contributed by atoms with van der Waals surface area (Å²) in [6.07, 6.45) is 1.04. The molecule has 0 saturated carbocycles. The molecule has 0 radical (unpaired) electrons. The molecule has 1 heteroatoms. The Morgan fingerprint density at radius 1 is 0.857 bits per heavy atom. The molecule has 0 heterocycles. The highest BCUT2D eigenvalue weighted by atomic mass is 14.9. The summed E-state index contributed by atoms with van der Waals surface area (Å²) in [6, 6.07) is 13.9. The first-order valence-corrected chi connectivity index (χ1v) is 7.88. The van der Waals surface area contributed by atoms with Crippen LogP contribution < -0.4 is 5.32 Å². The lowest BCUT2D eigenvalue weighted by Gasteiger charge is -2.22. The Bertz CT molecular complexity index is 596. The molecule has 0 spiro atoms. The van der Waals surface area contributed by atoms with Crippen LogP contribution >= 0.6 is 0 Å². The van der Waals surface area contributed by atoms with Gasteiger partial charge in [-0.05, 0) is 68.5 Å². The number of hydrogen-bond donors (Lipinski definition) is 1. The average Bonchev–Trinajstić information content (AvgIpc) is 2.45. The third kappa shape index (κ3) is 3.95. The van der Waals surface area contributed by atoms with Crippen molar-refractivity contribution in [2.24, 2.45) is 0 Å². The van der Waals surface area contributed by atoms with Gasteiger partial charge >= 0.3 is 0 Å². The van der Waals surface area contributed by atoms with Gasteiger partial charge < -0.3 is 5.32 Å². The van der Waals surface area contributed by atoms with E-state index in [-0.39, 0.29) is 0 Å². The molecule has 0 bridgehead atoms. The third-order valence-electron chi connectivity index (χ3n) is 4.27. The van der Waals surface area contributed by atoms with Crippen LogP contribution in [0.1, 0.15) is 46.3 Å². The molecule has 1 N–H and O–H groups in total. The molecule has 0 aliphatic rings. The Morgan fingerprint density at radius 2 is 1.48 bits per heavy atom. The highest BCUT2D eigenvalue weighted by Crippen LogP contribution is 2.25. The van der Waals surface area contributed by atoms with Gasteiger partial charge in [0.2, 0.25) is 0 Å². The smallest absolute Gasteiger partial charge is 0.0363 e. The predicted octanol–water partition coefficient (Wildman–Crippen LogP) is 4.81. The molecule has 1 nitrogen and oxygen atoms in total. The predicted molar refractivity (Wildman–Crippen MR) is 92.0 cm³/mol. The van der Waals surface area contributed by atoms with Gasteiger partial charge in [0.1, 0.15) is 0 Å². The summed E-state index contributed by atoms with van der Waals surface area (Å²) in [4.78, 5) is 0. The molecular weight excluding hydrogens is 254 g/mol. The van der Waals surface area contributed by atoms with Gasteiger partial charge in [0.05, 0.1) is 0 Å². The lowest BCUT2D eigenvalue weighted by atomic mass is 9.92. The molecule has 0 amide bonds. The number of hydrogen-bond acceptors (Lipinski definition) is 1. The molecule has 21 heavy (non-hydrogen) atoms. The molecule has 0 aliphatic carbocycles. The molecule has 2 rings (SSSR count). The fraction of sp³-hybridized carbons (Fsp3) is 0.400. The molecule has 0 fully saturated rings. The van der Waals surface area contributed by atoms with Crippen LogP contribution in [0.3, 0.4) is 0 Å². The minimum absolute atomic E-state index is 0.386. The van der Waals surface area contributed by atoms with Crippen molar-refractivity contribution in [3.8, 4) is 0 Å². The van der Waals surface area contributed by atoms with Crippen molar-refractivity contribution in [1.82, 2.24) is 5.32 Å². The van der Waals surface area contributed by atoms with E-state index in [0.717, 1.165) is 13.0 Å². The first-order chi connectivity index (χ1) is 10.0. The quantitative estimate of drug-likeness (QED) is 0.829. The van der Waals surface area contributed by atoms with Gasteiger partial charge in [-0.25, -0.2) is 0 Å². The van der Waals surface area contributed by atoms with Gasteiger partial charge in [0, 0.05) is 6.04 Å². The maximum Gasteiger partial charge on any atom is 0.0363 e. The number of aryl methyl sites for hydroxylation is 4. The van der Waals surface area contributed by atoms with E-state index < -0.39 is 0 Å². The van der Waals surface area contributed by atoms with E-state index in [1.165, 1.54) is 33.4 Å². The van der Waals surface area contributed by atoms with Crippen LogP contribution in [-0.4, -0.2) is 6.54 Å². The Hall–Kier alpha value is -1.60. The first kappa shape index (κ1) is 15.8. The maximum absolute atomic E-state index is 3.65. The van der Waals surface area contributed by atoms with E-state index in [4.69, 9.17) is 0 Å². The molecule has 0 aromatic heterocycles. The molecule has 1 atom stereocenters. The Balaban J connectivity index is 2.30. The molecule has 0 aliphatic heterocycles. The van der Waals surface area contributed by atoms with Gasteiger partial charge in [0.15, 0.2) is 0 Å². The van der Waals surface area contributed by atoms with Crippen LogP contribution in [0.4, 0.5) is 0 Å². The number of likely N-dealkylation sites (N-methyl/N-ethyl adjacent to an activating group) is 1. The fourth-order valence-corrected chi connectivity index (χ4v) is 2.86. The highest BCUT2D eigenvalue weighted by molar-refractivity contribution is 5.39. The SMILES string of the molecule is CCNC(Cc1ccc(C)cc1)c1cc(C)c(C)cc1C. The van der Waals surface area contributed by atoms with Gasteiger partial charge in [0.25, 0.3) is 0 Å². The normalized spacial score (nSPS) is 12.4. The average molecular weight is 281 g/mol.